The molecule has 2 aromatic heterocycles. The van der Waals surface area contributed by atoms with Crippen molar-refractivity contribution < 1.29 is 22.7 Å². The van der Waals surface area contributed by atoms with Crippen molar-refractivity contribution in [3.63, 3.8) is 0 Å². The number of amides is 2. The van der Waals surface area contributed by atoms with Gasteiger partial charge in [-0.2, -0.15) is 13.2 Å². The molecular weight excluding hydrogens is 509 g/mol. The van der Waals surface area contributed by atoms with Crippen LogP contribution in [0.15, 0.2) is 67.1 Å². The third-order valence-electron chi connectivity index (χ3n) is 5.21. The van der Waals surface area contributed by atoms with Gasteiger partial charge in [-0.25, -0.2) is 19.7 Å². The van der Waals surface area contributed by atoms with Gasteiger partial charge in [-0.15, -0.1) is 0 Å². The maximum absolute atomic E-state index is 13.0. The number of nitrogens with two attached hydrogens (primary N) is 1. The summed E-state index contributed by atoms with van der Waals surface area (Å²) >= 11 is 6.00. The summed E-state index contributed by atoms with van der Waals surface area (Å²) in [4.78, 5) is 24.5. The molecule has 0 aliphatic carbocycles. The summed E-state index contributed by atoms with van der Waals surface area (Å²) in [6.07, 6.45) is -0.00956. The fourth-order valence-electron chi connectivity index (χ4n) is 3.38. The molecule has 0 saturated heterocycles. The van der Waals surface area contributed by atoms with Crippen LogP contribution in [0.3, 0.4) is 0 Å². The van der Waals surface area contributed by atoms with Crippen LogP contribution in [0.25, 0.3) is 11.1 Å². The van der Waals surface area contributed by atoms with Crippen LogP contribution >= 0.6 is 11.6 Å². The Morgan fingerprint density at radius 2 is 1.70 bits per heavy atom. The second-order valence-corrected chi connectivity index (χ2v) is 8.21. The number of ether oxygens (including phenoxy) is 1. The normalized spacial score (nSPS) is 11.2. The van der Waals surface area contributed by atoms with Gasteiger partial charge in [-0.1, -0.05) is 36.7 Å². The van der Waals surface area contributed by atoms with E-state index in [1.54, 1.807) is 37.3 Å². The fourth-order valence-corrected chi connectivity index (χ4v) is 3.54. The molecule has 0 aliphatic rings. The molecule has 0 spiro atoms. The molecule has 4 N–H and O–H groups in total. The summed E-state index contributed by atoms with van der Waals surface area (Å²) in [5.74, 6) is 0.792. The van der Waals surface area contributed by atoms with Gasteiger partial charge >= 0.3 is 18.2 Å². The number of aryl methyl sites for hydroxylation is 1. The van der Waals surface area contributed by atoms with Gasteiger partial charge in [0.05, 0.1) is 28.7 Å². The molecule has 4 aromatic rings. The molecule has 0 aliphatic heterocycles. The first-order valence-electron chi connectivity index (χ1n) is 10.9. The van der Waals surface area contributed by atoms with Crippen molar-refractivity contribution in [1.29, 1.82) is 0 Å². The van der Waals surface area contributed by atoms with Gasteiger partial charge in [0.2, 0.25) is 0 Å². The van der Waals surface area contributed by atoms with Gasteiger partial charge < -0.3 is 21.1 Å². The Hall–Kier alpha value is -4.38. The summed E-state index contributed by atoms with van der Waals surface area (Å²) in [7, 11) is 0. The van der Waals surface area contributed by atoms with Gasteiger partial charge in [0, 0.05) is 17.4 Å². The van der Waals surface area contributed by atoms with Crippen LogP contribution < -0.4 is 21.1 Å². The van der Waals surface area contributed by atoms with E-state index in [4.69, 9.17) is 22.1 Å². The number of hydrogen-bond donors (Lipinski definition) is 3. The Morgan fingerprint density at radius 1 is 1.00 bits per heavy atom. The van der Waals surface area contributed by atoms with Gasteiger partial charge in [0.1, 0.15) is 11.6 Å². The molecule has 0 fully saturated rings. The SMILES string of the molecule is CCc1ccc(C(F)(F)F)cc1NC(=O)Nc1cnc(Oc2ccc(-c3cc(Cl)cnc3N)cc2)nc1. The third-order valence-corrected chi connectivity index (χ3v) is 5.42. The molecule has 8 nitrogen and oxygen atoms in total. The molecule has 4 rings (SSSR count). The Balaban J connectivity index is 1.39. The minimum atomic E-state index is -4.52. The zero-order chi connectivity index (χ0) is 26.6. The summed E-state index contributed by atoms with van der Waals surface area (Å²) in [5.41, 5.74) is 7.37. The van der Waals surface area contributed by atoms with E-state index in [1.165, 1.54) is 24.7 Å². The van der Waals surface area contributed by atoms with E-state index in [1.807, 2.05) is 0 Å². The number of urea groups is 1. The number of halogens is 4. The zero-order valence-electron chi connectivity index (χ0n) is 19.3. The first-order valence-corrected chi connectivity index (χ1v) is 11.3. The fraction of sp³-hybridized carbons (Fsp3) is 0.120. The summed E-state index contributed by atoms with van der Waals surface area (Å²) in [6, 6.07) is 11.1. The van der Waals surface area contributed by atoms with Crippen molar-refractivity contribution in [2.45, 2.75) is 19.5 Å². The molecule has 2 amide bonds. The lowest BCUT2D eigenvalue weighted by Gasteiger charge is -2.14. The summed E-state index contributed by atoms with van der Waals surface area (Å²) in [5, 5.41) is 5.39. The molecule has 2 aromatic carbocycles. The Morgan fingerprint density at radius 3 is 2.35 bits per heavy atom. The van der Waals surface area contributed by atoms with E-state index < -0.39 is 17.8 Å². The number of carbonyl (C=O) groups excluding carboxylic acids is 1. The van der Waals surface area contributed by atoms with Crippen LogP contribution in [0.4, 0.5) is 35.2 Å². The molecule has 2 heterocycles. The highest BCUT2D eigenvalue weighted by molar-refractivity contribution is 6.30. The molecule has 190 valence electrons. The number of benzene rings is 2. The average molecular weight is 529 g/mol. The molecular formula is C25H20ClF3N6O2. The molecule has 0 atom stereocenters. The lowest BCUT2D eigenvalue weighted by Crippen LogP contribution is -2.21. The van der Waals surface area contributed by atoms with Gasteiger partial charge in [0.15, 0.2) is 0 Å². The van der Waals surface area contributed by atoms with Crippen molar-refractivity contribution >= 4 is 34.8 Å². The second kappa shape index (κ2) is 10.7. The van der Waals surface area contributed by atoms with Crippen molar-refractivity contribution in [3.8, 4) is 22.9 Å². The average Bonchev–Trinajstić information content (AvgIpc) is 2.86. The van der Waals surface area contributed by atoms with Crippen molar-refractivity contribution in [1.82, 2.24) is 15.0 Å². The molecule has 37 heavy (non-hydrogen) atoms. The predicted octanol–water partition coefficient (Wildman–Crippen LogP) is 6.79. The van der Waals surface area contributed by atoms with Gasteiger partial charge in [-0.05, 0) is 47.9 Å². The maximum atomic E-state index is 13.0. The van der Waals surface area contributed by atoms with Crippen molar-refractivity contribution in [3.05, 3.63) is 83.3 Å². The van der Waals surface area contributed by atoms with Crippen LogP contribution in [-0.4, -0.2) is 21.0 Å². The van der Waals surface area contributed by atoms with Crippen LogP contribution in [0, 0.1) is 0 Å². The number of aromatic nitrogens is 3. The van der Waals surface area contributed by atoms with E-state index in [0.29, 0.717) is 34.1 Å². The summed E-state index contributed by atoms with van der Waals surface area (Å²) in [6.45, 7) is 1.77. The Kier molecular flexibility index (Phi) is 7.44. The number of nitrogen functional groups attached to an aromatic ring is 1. The first kappa shape index (κ1) is 25.7. The zero-order valence-corrected chi connectivity index (χ0v) is 20.1. The largest absolute Gasteiger partial charge is 0.424 e. The van der Waals surface area contributed by atoms with Crippen LogP contribution in [0.5, 0.6) is 11.8 Å². The van der Waals surface area contributed by atoms with E-state index in [-0.39, 0.29) is 17.4 Å². The second-order valence-electron chi connectivity index (χ2n) is 7.77. The minimum Gasteiger partial charge on any atom is -0.424 e. The molecule has 0 radical (unpaired) electrons. The Labute approximate surface area is 214 Å². The van der Waals surface area contributed by atoms with Crippen LogP contribution in [0.1, 0.15) is 18.1 Å². The standard InChI is InChI=1S/C25H20ClF3N6O2/c1-2-14-3-6-16(25(27,28)29)9-21(14)35-23(36)34-18-12-32-24(33-13-18)37-19-7-4-15(5-8-19)20-10-17(26)11-31-22(20)30/h3-13H,2H2,1H3,(H2,30,31)(H2,34,35,36). The quantitative estimate of drug-likeness (QED) is 0.254. The number of carbonyl (C=O) groups is 1. The van der Waals surface area contributed by atoms with E-state index in [2.05, 4.69) is 25.6 Å². The van der Waals surface area contributed by atoms with Crippen LogP contribution in [0.2, 0.25) is 5.02 Å². The minimum absolute atomic E-state index is 0.0220. The Bertz CT molecular complexity index is 1410. The lowest BCUT2D eigenvalue weighted by atomic mass is 10.1. The van der Waals surface area contributed by atoms with Crippen LogP contribution in [-0.2, 0) is 12.6 Å². The van der Waals surface area contributed by atoms with Gasteiger partial charge in [0.25, 0.3) is 0 Å². The maximum Gasteiger partial charge on any atom is 0.416 e. The van der Waals surface area contributed by atoms with Crippen molar-refractivity contribution in [2.75, 3.05) is 16.4 Å². The third kappa shape index (κ3) is 6.44. The number of pyridine rings is 1. The lowest BCUT2D eigenvalue weighted by molar-refractivity contribution is -0.137. The van der Waals surface area contributed by atoms with Gasteiger partial charge in [-0.3, -0.25) is 0 Å². The van der Waals surface area contributed by atoms with E-state index in [0.717, 1.165) is 17.7 Å². The number of hydrogen-bond acceptors (Lipinski definition) is 6. The number of alkyl halides is 3. The number of rotatable bonds is 6. The highest BCUT2D eigenvalue weighted by Gasteiger charge is 2.31. The number of anilines is 3. The first-order chi connectivity index (χ1) is 17.6. The monoisotopic (exact) mass is 528 g/mol. The summed E-state index contributed by atoms with van der Waals surface area (Å²) < 4.78 is 44.7. The number of nitrogens with zero attached hydrogens (tertiary/aromatic N) is 3. The van der Waals surface area contributed by atoms with E-state index >= 15 is 0 Å². The van der Waals surface area contributed by atoms with Crippen molar-refractivity contribution in [2.24, 2.45) is 0 Å². The predicted molar refractivity (Wildman–Crippen MR) is 135 cm³/mol. The molecule has 12 heteroatoms. The molecule has 0 unspecified atom stereocenters. The van der Waals surface area contributed by atoms with E-state index in [9.17, 15) is 18.0 Å². The highest BCUT2D eigenvalue weighted by Crippen LogP contribution is 2.33. The highest BCUT2D eigenvalue weighted by atomic mass is 35.5. The molecule has 0 saturated carbocycles. The molecule has 0 bridgehead atoms. The topological polar surface area (TPSA) is 115 Å². The number of nitrogens with one attached hydrogen (secondary N) is 2. The smallest absolute Gasteiger partial charge is 0.416 e.